The Labute approximate surface area is 161 Å². The summed E-state index contributed by atoms with van der Waals surface area (Å²) < 4.78 is 17.2. The zero-order chi connectivity index (χ0) is 19.1. The van der Waals surface area contributed by atoms with Crippen molar-refractivity contribution < 1.29 is 9.18 Å². The Kier molecular flexibility index (Phi) is 3.83. The number of halogens is 1. The molecule has 4 aromatic rings. The minimum Gasteiger partial charge on any atom is -0.308 e. The summed E-state index contributed by atoms with van der Waals surface area (Å²) in [7, 11) is 0. The van der Waals surface area contributed by atoms with Crippen molar-refractivity contribution in [3.63, 3.8) is 0 Å². The molecule has 5 rings (SSSR count). The molecule has 0 aliphatic carbocycles. The highest BCUT2D eigenvalue weighted by atomic mass is 19.1. The molecule has 5 nitrogen and oxygen atoms in total. The number of carbonyl (C=O) groups is 1. The third kappa shape index (κ3) is 2.62. The number of hydrogen-bond acceptors (Lipinski definition) is 2. The molecule has 0 spiro atoms. The molecule has 0 atom stereocenters. The smallest absolute Gasteiger partial charge is 0.263 e. The van der Waals surface area contributed by atoms with Crippen LogP contribution in [0.5, 0.6) is 0 Å². The molecule has 0 saturated heterocycles. The van der Waals surface area contributed by atoms with Crippen molar-refractivity contribution in [2.45, 2.75) is 6.42 Å². The van der Waals surface area contributed by atoms with E-state index in [1.807, 2.05) is 53.4 Å². The predicted molar refractivity (Wildman–Crippen MR) is 105 cm³/mol. The minimum atomic E-state index is -0.354. The lowest BCUT2D eigenvalue weighted by Gasteiger charge is -2.18. The molecule has 0 unspecified atom stereocenters. The van der Waals surface area contributed by atoms with E-state index in [4.69, 9.17) is 0 Å². The van der Waals surface area contributed by atoms with E-state index in [-0.39, 0.29) is 11.7 Å². The largest absolute Gasteiger partial charge is 0.308 e. The van der Waals surface area contributed by atoms with Crippen LogP contribution in [0.15, 0.2) is 79.3 Å². The van der Waals surface area contributed by atoms with E-state index in [9.17, 15) is 9.18 Å². The third-order valence-electron chi connectivity index (χ3n) is 5.01. The van der Waals surface area contributed by atoms with Crippen LogP contribution < -0.4 is 4.90 Å². The van der Waals surface area contributed by atoms with Crippen LogP contribution in [-0.2, 0) is 6.42 Å². The highest BCUT2D eigenvalue weighted by Crippen LogP contribution is 2.30. The van der Waals surface area contributed by atoms with Crippen LogP contribution in [0.2, 0.25) is 0 Å². The molecule has 6 heteroatoms. The maximum Gasteiger partial charge on any atom is 0.263 e. The molecule has 1 amide bonds. The molecule has 0 radical (unpaired) electrons. The lowest BCUT2D eigenvalue weighted by Crippen LogP contribution is -2.29. The van der Waals surface area contributed by atoms with E-state index in [1.165, 1.54) is 12.1 Å². The Morgan fingerprint density at radius 2 is 1.82 bits per heavy atom. The minimum absolute atomic E-state index is 0.115. The molecule has 0 fully saturated rings. The quantitative estimate of drug-likeness (QED) is 0.545. The summed E-state index contributed by atoms with van der Waals surface area (Å²) in [5, 5.41) is 4.41. The van der Waals surface area contributed by atoms with Gasteiger partial charge in [0.25, 0.3) is 5.91 Å². The topological polar surface area (TPSA) is 43.1 Å². The maximum absolute atomic E-state index is 13.8. The van der Waals surface area contributed by atoms with Gasteiger partial charge in [-0.3, -0.25) is 4.79 Å². The van der Waals surface area contributed by atoms with Crippen LogP contribution >= 0.6 is 0 Å². The predicted octanol–water partition coefficient (Wildman–Crippen LogP) is 4.01. The molecule has 1 aliphatic rings. The van der Waals surface area contributed by atoms with E-state index < -0.39 is 0 Å². The van der Waals surface area contributed by atoms with Crippen LogP contribution in [0, 0.1) is 5.82 Å². The lowest BCUT2D eigenvalue weighted by atomic mass is 10.2. The van der Waals surface area contributed by atoms with E-state index in [2.05, 4.69) is 5.10 Å². The van der Waals surface area contributed by atoms with Crippen molar-refractivity contribution >= 4 is 11.6 Å². The van der Waals surface area contributed by atoms with Gasteiger partial charge >= 0.3 is 0 Å². The van der Waals surface area contributed by atoms with Crippen molar-refractivity contribution in [1.29, 1.82) is 0 Å². The normalized spacial score (nSPS) is 13.0. The number of hydrogen-bond donors (Lipinski definition) is 0. The molecule has 28 heavy (non-hydrogen) atoms. The summed E-state index contributed by atoms with van der Waals surface area (Å²) in [6.07, 6.45) is 6.09. The molecule has 2 aromatic carbocycles. The summed E-state index contributed by atoms with van der Waals surface area (Å²) in [4.78, 5) is 15.2. The molecular weight excluding hydrogens is 355 g/mol. The standard InChI is InChI=1S/C22H17FN4O/c23-17-7-5-8-18(14-17)27-21(25-11-3-4-12-25)19(15-24-27)22(28)26-13-10-16-6-1-2-9-20(16)26/h1-9,11-12,14-15H,10,13H2. The second kappa shape index (κ2) is 6.49. The van der Waals surface area contributed by atoms with Crippen molar-refractivity contribution in [3.8, 4) is 11.5 Å². The van der Waals surface area contributed by atoms with Gasteiger partial charge in [0.15, 0.2) is 5.82 Å². The Bertz CT molecular complexity index is 1160. The zero-order valence-corrected chi connectivity index (χ0v) is 15.0. The summed E-state index contributed by atoms with van der Waals surface area (Å²) in [6.45, 7) is 0.633. The zero-order valence-electron chi connectivity index (χ0n) is 15.0. The second-order valence-electron chi connectivity index (χ2n) is 6.70. The summed E-state index contributed by atoms with van der Waals surface area (Å²) in [5.74, 6) is 0.120. The van der Waals surface area contributed by atoms with Crippen LogP contribution in [0.1, 0.15) is 15.9 Å². The molecule has 3 heterocycles. The first kappa shape index (κ1) is 16.5. The first-order chi connectivity index (χ1) is 13.7. The van der Waals surface area contributed by atoms with Crippen LogP contribution in [0.3, 0.4) is 0 Å². The first-order valence-corrected chi connectivity index (χ1v) is 9.09. The van der Waals surface area contributed by atoms with Gasteiger partial charge in [-0.2, -0.15) is 5.10 Å². The average molecular weight is 372 g/mol. The number of para-hydroxylation sites is 1. The monoisotopic (exact) mass is 372 g/mol. The number of fused-ring (bicyclic) bond motifs is 1. The number of aromatic nitrogens is 3. The number of amides is 1. The molecule has 2 aromatic heterocycles. The van der Waals surface area contributed by atoms with Crippen molar-refractivity contribution in [3.05, 3.63) is 96.2 Å². The van der Waals surface area contributed by atoms with Crippen LogP contribution in [-0.4, -0.2) is 26.8 Å². The van der Waals surface area contributed by atoms with Crippen molar-refractivity contribution in [2.75, 3.05) is 11.4 Å². The second-order valence-corrected chi connectivity index (χ2v) is 6.70. The van der Waals surface area contributed by atoms with Gasteiger partial charge in [-0.15, -0.1) is 0 Å². The molecule has 138 valence electrons. The van der Waals surface area contributed by atoms with E-state index in [0.717, 1.165) is 17.7 Å². The van der Waals surface area contributed by atoms with Gasteiger partial charge in [0, 0.05) is 24.6 Å². The molecule has 1 aliphatic heterocycles. The Morgan fingerprint density at radius 3 is 2.64 bits per heavy atom. The van der Waals surface area contributed by atoms with Gasteiger partial charge in [0.05, 0.1) is 11.9 Å². The first-order valence-electron chi connectivity index (χ1n) is 9.09. The summed E-state index contributed by atoms with van der Waals surface area (Å²) >= 11 is 0. The van der Waals surface area contributed by atoms with Crippen molar-refractivity contribution in [2.24, 2.45) is 0 Å². The highest BCUT2D eigenvalue weighted by molar-refractivity contribution is 6.09. The third-order valence-corrected chi connectivity index (χ3v) is 5.01. The van der Waals surface area contributed by atoms with Gasteiger partial charge in [-0.1, -0.05) is 24.3 Å². The van der Waals surface area contributed by atoms with Gasteiger partial charge in [-0.05, 0) is 48.4 Å². The lowest BCUT2D eigenvalue weighted by molar-refractivity contribution is 0.0989. The van der Waals surface area contributed by atoms with E-state index >= 15 is 0 Å². The van der Waals surface area contributed by atoms with Gasteiger partial charge in [-0.25, -0.2) is 9.07 Å². The Hall–Kier alpha value is -3.67. The SMILES string of the molecule is O=C(c1cnn(-c2cccc(F)c2)c1-n1cccc1)N1CCc2ccccc21. The Balaban J connectivity index is 1.64. The fraction of sp³-hybridized carbons (Fsp3) is 0.0909. The molecule has 0 saturated carbocycles. The van der Waals surface area contributed by atoms with Crippen LogP contribution in [0.25, 0.3) is 11.5 Å². The summed E-state index contributed by atoms with van der Waals surface area (Å²) in [6, 6.07) is 17.9. The number of nitrogens with zero attached hydrogens (tertiary/aromatic N) is 4. The average Bonchev–Trinajstić information content (AvgIpc) is 3.45. The summed E-state index contributed by atoms with van der Waals surface area (Å²) in [5.41, 5.74) is 3.13. The highest BCUT2D eigenvalue weighted by Gasteiger charge is 2.29. The fourth-order valence-electron chi connectivity index (χ4n) is 3.71. The number of carbonyl (C=O) groups excluding carboxylic acids is 1. The fourth-order valence-corrected chi connectivity index (χ4v) is 3.71. The number of benzene rings is 2. The number of anilines is 1. The number of rotatable bonds is 3. The molecular formula is C22H17FN4O. The van der Waals surface area contributed by atoms with Crippen molar-refractivity contribution in [1.82, 2.24) is 14.3 Å². The van der Waals surface area contributed by atoms with Gasteiger partial charge in [0.1, 0.15) is 11.4 Å². The van der Waals surface area contributed by atoms with E-state index in [1.54, 1.807) is 27.9 Å². The molecule has 0 bridgehead atoms. The molecule has 0 N–H and O–H groups in total. The van der Waals surface area contributed by atoms with E-state index in [0.29, 0.717) is 23.6 Å². The van der Waals surface area contributed by atoms with Crippen LogP contribution in [0.4, 0.5) is 10.1 Å². The van der Waals surface area contributed by atoms with Gasteiger partial charge in [0.2, 0.25) is 0 Å². The Morgan fingerprint density at radius 1 is 1.00 bits per heavy atom. The maximum atomic E-state index is 13.8. The van der Waals surface area contributed by atoms with Gasteiger partial charge < -0.3 is 9.47 Å².